The molecule has 4 nitrogen and oxygen atoms in total. The number of rotatable bonds is 5. The molecule has 0 aliphatic heterocycles. The first-order chi connectivity index (χ1) is 8.72. The molecule has 0 bridgehead atoms. The summed E-state index contributed by atoms with van der Waals surface area (Å²) in [6.07, 6.45) is 6.48. The summed E-state index contributed by atoms with van der Waals surface area (Å²) in [6, 6.07) is 6.85. The average molecular weight is 244 g/mol. The van der Waals surface area contributed by atoms with Crippen LogP contribution < -0.4 is 5.32 Å². The maximum absolute atomic E-state index is 4.39. The van der Waals surface area contributed by atoms with E-state index in [0.29, 0.717) is 6.04 Å². The summed E-state index contributed by atoms with van der Waals surface area (Å²) in [6.45, 7) is 4.30. The van der Waals surface area contributed by atoms with Gasteiger partial charge in [0.2, 0.25) is 0 Å². The fourth-order valence-corrected chi connectivity index (χ4v) is 2.14. The van der Waals surface area contributed by atoms with Gasteiger partial charge in [-0.25, -0.2) is 0 Å². The second kappa shape index (κ2) is 5.78. The molecule has 2 aromatic heterocycles. The molecule has 0 saturated heterocycles. The summed E-state index contributed by atoms with van der Waals surface area (Å²) in [5, 5.41) is 7.76. The minimum Gasteiger partial charge on any atom is -0.311 e. The van der Waals surface area contributed by atoms with Gasteiger partial charge in [-0.05, 0) is 51.1 Å². The Morgan fingerprint density at radius 3 is 2.50 bits per heavy atom. The highest BCUT2D eigenvalue weighted by molar-refractivity contribution is 5.16. The van der Waals surface area contributed by atoms with Gasteiger partial charge in [0.1, 0.15) is 0 Å². The number of hydrogen-bond acceptors (Lipinski definition) is 3. The van der Waals surface area contributed by atoms with Crippen molar-refractivity contribution in [3.05, 3.63) is 48.0 Å². The first-order valence-corrected chi connectivity index (χ1v) is 6.32. The van der Waals surface area contributed by atoms with Crippen molar-refractivity contribution in [3.8, 4) is 0 Å². The lowest BCUT2D eigenvalue weighted by atomic mass is 10.0. The Bertz CT molecular complexity index is 476. The first-order valence-electron chi connectivity index (χ1n) is 6.32. The van der Waals surface area contributed by atoms with E-state index in [2.05, 4.69) is 52.1 Å². The van der Waals surface area contributed by atoms with Gasteiger partial charge in [0, 0.05) is 24.6 Å². The van der Waals surface area contributed by atoms with E-state index >= 15 is 0 Å². The van der Waals surface area contributed by atoms with Gasteiger partial charge in [0.05, 0.1) is 11.7 Å². The highest BCUT2D eigenvalue weighted by Gasteiger charge is 2.16. The third-order valence-electron chi connectivity index (χ3n) is 3.08. The monoisotopic (exact) mass is 244 g/mol. The van der Waals surface area contributed by atoms with Gasteiger partial charge in [0.15, 0.2) is 0 Å². The molecule has 2 aromatic rings. The molecule has 0 aromatic carbocycles. The summed E-state index contributed by atoms with van der Waals surface area (Å²) in [4.78, 5) is 4.05. The summed E-state index contributed by atoms with van der Waals surface area (Å²) in [5.74, 6) is 0. The van der Waals surface area contributed by atoms with Crippen molar-refractivity contribution in [1.82, 2.24) is 20.1 Å². The van der Waals surface area contributed by atoms with Crippen molar-refractivity contribution >= 4 is 0 Å². The molecule has 0 amide bonds. The molecule has 1 unspecified atom stereocenters. The van der Waals surface area contributed by atoms with E-state index in [1.54, 1.807) is 0 Å². The molecule has 18 heavy (non-hydrogen) atoms. The molecule has 0 aliphatic rings. The van der Waals surface area contributed by atoms with Crippen molar-refractivity contribution in [3.63, 3.8) is 0 Å². The predicted octanol–water partition coefficient (Wildman–Crippen LogP) is 2.36. The molecular weight excluding hydrogens is 224 g/mol. The molecule has 2 heterocycles. The van der Waals surface area contributed by atoms with Crippen LogP contribution >= 0.6 is 0 Å². The largest absolute Gasteiger partial charge is 0.311 e. The summed E-state index contributed by atoms with van der Waals surface area (Å²) in [5.41, 5.74) is 2.50. The number of pyridine rings is 1. The molecule has 4 heteroatoms. The van der Waals surface area contributed by atoms with E-state index in [0.717, 1.165) is 6.42 Å². The predicted molar refractivity (Wildman–Crippen MR) is 72.4 cm³/mol. The fourth-order valence-electron chi connectivity index (χ4n) is 2.14. The lowest BCUT2D eigenvalue weighted by Crippen LogP contribution is -2.23. The molecule has 0 radical (unpaired) electrons. The van der Waals surface area contributed by atoms with E-state index in [1.165, 1.54) is 11.3 Å². The first kappa shape index (κ1) is 12.8. The average Bonchev–Trinajstić information content (AvgIpc) is 2.86. The van der Waals surface area contributed by atoms with Crippen LogP contribution in [0.15, 0.2) is 36.8 Å². The normalized spacial score (nSPS) is 12.9. The third-order valence-corrected chi connectivity index (χ3v) is 3.08. The Morgan fingerprint density at radius 1 is 1.17 bits per heavy atom. The number of nitrogens with zero attached hydrogens (tertiary/aromatic N) is 3. The second-order valence-electron chi connectivity index (χ2n) is 4.70. The standard InChI is InChI=1S/C14H20N4/c1-11(2)18-14(6-9-17-18)13(15-3)10-12-4-7-16-8-5-12/h4-9,11,13,15H,10H2,1-3H3. The van der Waals surface area contributed by atoms with Crippen molar-refractivity contribution in [2.45, 2.75) is 32.4 Å². The molecule has 0 spiro atoms. The van der Waals surface area contributed by atoms with Crippen LogP contribution in [0, 0.1) is 0 Å². The van der Waals surface area contributed by atoms with E-state index < -0.39 is 0 Å². The van der Waals surface area contributed by atoms with Crippen molar-refractivity contribution in [1.29, 1.82) is 0 Å². The van der Waals surface area contributed by atoms with E-state index in [4.69, 9.17) is 0 Å². The van der Waals surface area contributed by atoms with Crippen molar-refractivity contribution < 1.29 is 0 Å². The van der Waals surface area contributed by atoms with Gasteiger partial charge in [-0.2, -0.15) is 5.10 Å². The highest BCUT2D eigenvalue weighted by Crippen LogP contribution is 2.20. The SMILES string of the molecule is CNC(Cc1ccncc1)c1ccnn1C(C)C. The quantitative estimate of drug-likeness (QED) is 0.878. The zero-order valence-electron chi connectivity index (χ0n) is 11.2. The number of hydrogen-bond donors (Lipinski definition) is 1. The topological polar surface area (TPSA) is 42.7 Å². The smallest absolute Gasteiger partial charge is 0.0559 e. The van der Waals surface area contributed by atoms with Gasteiger partial charge < -0.3 is 5.32 Å². The number of nitrogens with one attached hydrogen (secondary N) is 1. The second-order valence-corrected chi connectivity index (χ2v) is 4.70. The van der Waals surface area contributed by atoms with E-state index in [9.17, 15) is 0 Å². The fraction of sp³-hybridized carbons (Fsp3) is 0.429. The minimum atomic E-state index is 0.275. The molecule has 0 aliphatic carbocycles. The summed E-state index contributed by atoms with van der Waals surface area (Å²) >= 11 is 0. The van der Waals surface area contributed by atoms with Crippen LogP contribution in [0.5, 0.6) is 0 Å². The number of likely N-dealkylation sites (N-methyl/N-ethyl adjacent to an activating group) is 1. The van der Waals surface area contributed by atoms with Crippen molar-refractivity contribution in [2.24, 2.45) is 0 Å². The maximum atomic E-state index is 4.39. The Hall–Kier alpha value is -1.68. The lowest BCUT2D eigenvalue weighted by molar-refractivity contribution is 0.460. The Kier molecular flexibility index (Phi) is 4.10. The van der Waals surface area contributed by atoms with Crippen LogP contribution in [0.1, 0.15) is 37.2 Å². The zero-order valence-corrected chi connectivity index (χ0v) is 11.2. The Morgan fingerprint density at radius 2 is 1.89 bits per heavy atom. The number of aromatic nitrogens is 3. The van der Waals surface area contributed by atoms with E-state index in [1.807, 2.05) is 25.6 Å². The van der Waals surface area contributed by atoms with Gasteiger partial charge in [-0.15, -0.1) is 0 Å². The van der Waals surface area contributed by atoms with Crippen LogP contribution in [0.3, 0.4) is 0 Å². The Balaban J connectivity index is 2.21. The molecule has 1 N–H and O–H groups in total. The van der Waals surface area contributed by atoms with Crippen LogP contribution in [0.4, 0.5) is 0 Å². The van der Waals surface area contributed by atoms with E-state index in [-0.39, 0.29) is 6.04 Å². The highest BCUT2D eigenvalue weighted by atomic mass is 15.3. The summed E-state index contributed by atoms with van der Waals surface area (Å²) in [7, 11) is 1.99. The molecular formula is C14H20N4. The molecule has 0 fully saturated rings. The third kappa shape index (κ3) is 2.76. The van der Waals surface area contributed by atoms with Gasteiger partial charge in [-0.1, -0.05) is 0 Å². The molecule has 1 atom stereocenters. The van der Waals surface area contributed by atoms with Crippen LogP contribution in [0.2, 0.25) is 0 Å². The molecule has 0 saturated carbocycles. The van der Waals surface area contributed by atoms with Crippen molar-refractivity contribution in [2.75, 3.05) is 7.05 Å². The zero-order chi connectivity index (χ0) is 13.0. The van der Waals surface area contributed by atoms with Gasteiger partial charge >= 0.3 is 0 Å². The maximum Gasteiger partial charge on any atom is 0.0559 e. The van der Waals surface area contributed by atoms with Gasteiger partial charge in [0.25, 0.3) is 0 Å². The van der Waals surface area contributed by atoms with Crippen LogP contribution in [0.25, 0.3) is 0 Å². The lowest BCUT2D eigenvalue weighted by Gasteiger charge is -2.20. The molecule has 96 valence electrons. The van der Waals surface area contributed by atoms with Crippen LogP contribution in [-0.2, 0) is 6.42 Å². The van der Waals surface area contributed by atoms with Gasteiger partial charge in [-0.3, -0.25) is 9.67 Å². The minimum absolute atomic E-state index is 0.275. The molecule has 2 rings (SSSR count). The summed E-state index contributed by atoms with van der Waals surface area (Å²) < 4.78 is 2.07. The Labute approximate surface area is 108 Å². The van der Waals surface area contributed by atoms with Crippen LogP contribution in [-0.4, -0.2) is 21.8 Å².